The Morgan fingerprint density at radius 2 is 1.08 bits per heavy atom. The highest BCUT2D eigenvalue weighted by Gasteiger charge is 2.26. The van der Waals surface area contributed by atoms with Crippen LogP contribution in [-0.2, 0) is 0 Å². The molecule has 0 unspecified atom stereocenters. The van der Waals surface area contributed by atoms with Crippen LogP contribution in [-0.4, -0.2) is 73.1 Å². The molecule has 0 bridgehead atoms. The maximum atomic E-state index is 2.78. The van der Waals surface area contributed by atoms with Crippen LogP contribution >= 0.6 is 0 Å². The molecule has 3 heterocycles. The van der Waals surface area contributed by atoms with Crippen LogP contribution in [0, 0.1) is 17.8 Å². The fourth-order valence-electron chi connectivity index (χ4n) is 4.98. The Hall–Kier alpha value is -0.120. The van der Waals surface area contributed by atoms with Gasteiger partial charge in [0.1, 0.15) is 0 Å². The van der Waals surface area contributed by atoms with Gasteiger partial charge in [-0.2, -0.15) is 0 Å². The van der Waals surface area contributed by atoms with Gasteiger partial charge in [0.05, 0.1) is 0 Å². The maximum absolute atomic E-state index is 2.78. The zero-order valence-electron chi connectivity index (χ0n) is 16.6. The number of piperidine rings is 3. The van der Waals surface area contributed by atoms with Crippen LogP contribution in [0.1, 0.15) is 59.3 Å². The second-order valence-corrected chi connectivity index (χ2v) is 9.30. The topological polar surface area (TPSA) is 9.72 Å². The van der Waals surface area contributed by atoms with E-state index in [9.17, 15) is 0 Å². The molecule has 0 saturated carbocycles. The third-order valence-corrected chi connectivity index (χ3v) is 7.00. The lowest BCUT2D eigenvalue weighted by Gasteiger charge is -2.40. The average Bonchev–Trinajstić information content (AvgIpc) is 2.59. The van der Waals surface area contributed by atoms with E-state index in [-0.39, 0.29) is 0 Å². The van der Waals surface area contributed by atoms with Crippen LogP contribution in [0.4, 0.5) is 0 Å². The van der Waals surface area contributed by atoms with Gasteiger partial charge in [-0.15, -0.1) is 0 Å². The maximum Gasteiger partial charge on any atom is 0.00385 e. The molecule has 0 atom stereocenters. The van der Waals surface area contributed by atoms with Crippen LogP contribution in [0.5, 0.6) is 0 Å². The Labute approximate surface area is 150 Å². The Morgan fingerprint density at radius 3 is 1.54 bits per heavy atom. The van der Waals surface area contributed by atoms with Gasteiger partial charge in [0, 0.05) is 19.1 Å². The van der Waals surface area contributed by atoms with Crippen LogP contribution in [0.15, 0.2) is 0 Å². The van der Waals surface area contributed by atoms with Crippen molar-refractivity contribution < 1.29 is 0 Å². The Bertz CT molecular complexity index is 346. The summed E-state index contributed by atoms with van der Waals surface area (Å²) < 4.78 is 0. The molecule has 24 heavy (non-hydrogen) atoms. The molecule has 3 fully saturated rings. The molecule has 3 aliphatic heterocycles. The van der Waals surface area contributed by atoms with E-state index in [1.807, 2.05) is 0 Å². The Balaban J connectivity index is 1.31. The first-order chi connectivity index (χ1) is 11.6. The first-order valence-corrected chi connectivity index (χ1v) is 10.8. The number of rotatable bonds is 5. The van der Waals surface area contributed by atoms with Crippen molar-refractivity contribution in [3.8, 4) is 0 Å². The molecule has 0 aromatic heterocycles. The van der Waals surface area contributed by atoms with E-state index in [2.05, 4.69) is 35.5 Å². The standard InChI is InChI=1S/C21H41N3/c1-18(2)24-14-8-21(9-15-24)17-23-12-6-20(7-13-23)16-22-10-4-19(3)5-11-22/h18-21H,4-17H2,1-3H3. The molecule has 3 nitrogen and oxygen atoms in total. The van der Waals surface area contributed by atoms with Crippen molar-refractivity contribution in [1.82, 2.24) is 14.7 Å². The van der Waals surface area contributed by atoms with Gasteiger partial charge in [-0.1, -0.05) is 6.92 Å². The van der Waals surface area contributed by atoms with Crippen molar-refractivity contribution in [2.45, 2.75) is 65.3 Å². The predicted octanol–water partition coefficient (Wildman–Crippen LogP) is 3.55. The largest absolute Gasteiger partial charge is 0.303 e. The number of nitrogens with zero attached hydrogens (tertiary/aromatic N) is 3. The van der Waals surface area contributed by atoms with Gasteiger partial charge in [-0.25, -0.2) is 0 Å². The van der Waals surface area contributed by atoms with Gasteiger partial charge in [-0.05, 0) is 109 Å². The predicted molar refractivity (Wildman–Crippen MR) is 103 cm³/mol. The summed E-state index contributed by atoms with van der Waals surface area (Å²) in [6.07, 6.45) is 8.57. The summed E-state index contributed by atoms with van der Waals surface area (Å²) in [5.74, 6) is 2.89. The molecule has 140 valence electrons. The summed E-state index contributed by atoms with van der Waals surface area (Å²) in [4.78, 5) is 8.19. The second-order valence-electron chi connectivity index (χ2n) is 9.30. The second kappa shape index (κ2) is 9.00. The minimum atomic E-state index is 0.736. The zero-order valence-corrected chi connectivity index (χ0v) is 16.6. The summed E-state index contributed by atoms with van der Waals surface area (Å²) in [6, 6.07) is 0.736. The highest BCUT2D eigenvalue weighted by molar-refractivity contribution is 4.81. The minimum absolute atomic E-state index is 0.736. The summed E-state index contributed by atoms with van der Waals surface area (Å²) in [5, 5.41) is 0. The molecular formula is C21H41N3. The van der Waals surface area contributed by atoms with E-state index in [1.54, 1.807) is 0 Å². The normalized spacial score (nSPS) is 28.0. The lowest BCUT2D eigenvalue weighted by molar-refractivity contribution is 0.0893. The smallest absolute Gasteiger partial charge is 0.00385 e. The summed E-state index contributed by atoms with van der Waals surface area (Å²) in [5.41, 5.74) is 0. The summed E-state index contributed by atoms with van der Waals surface area (Å²) >= 11 is 0. The van der Waals surface area contributed by atoms with Crippen LogP contribution in [0.3, 0.4) is 0 Å². The third-order valence-electron chi connectivity index (χ3n) is 7.00. The van der Waals surface area contributed by atoms with Gasteiger partial charge in [0.25, 0.3) is 0 Å². The lowest BCUT2D eigenvalue weighted by atomic mass is 9.91. The van der Waals surface area contributed by atoms with Gasteiger partial charge < -0.3 is 14.7 Å². The fraction of sp³-hybridized carbons (Fsp3) is 1.00. The molecule has 0 amide bonds. The molecular weight excluding hydrogens is 294 g/mol. The van der Waals surface area contributed by atoms with E-state index in [0.29, 0.717) is 0 Å². The molecule has 0 aromatic rings. The first kappa shape index (κ1) is 18.7. The molecule has 0 radical (unpaired) electrons. The number of likely N-dealkylation sites (tertiary alicyclic amines) is 3. The average molecular weight is 336 g/mol. The van der Waals surface area contributed by atoms with E-state index in [1.165, 1.54) is 90.9 Å². The van der Waals surface area contributed by atoms with Crippen molar-refractivity contribution in [2.24, 2.45) is 17.8 Å². The molecule has 3 aliphatic rings. The quantitative estimate of drug-likeness (QED) is 0.761. The van der Waals surface area contributed by atoms with E-state index < -0.39 is 0 Å². The van der Waals surface area contributed by atoms with Gasteiger partial charge in [-0.3, -0.25) is 0 Å². The Morgan fingerprint density at radius 1 is 0.667 bits per heavy atom. The number of hydrogen-bond donors (Lipinski definition) is 0. The van der Waals surface area contributed by atoms with Crippen molar-refractivity contribution >= 4 is 0 Å². The molecule has 3 saturated heterocycles. The molecule has 3 rings (SSSR count). The van der Waals surface area contributed by atoms with Crippen molar-refractivity contribution in [3.05, 3.63) is 0 Å². The van der Waals surface area contributed by atoms with Crippen LogP contribution < -0.4 is 0 Å². The van der Waals surface area contributed by atoms with E-state index in [0.717, 1.165) is 23.8 Å². The van der Waals surface area contributed by atoms with E-state index >= 15 is 0 Å². The van der Waals surface area contributed by atoms with Gasteiger partial charge >= 0.3 is 0 Å². The minimum Gasteiger partial charge on any atom is -0.303 e. The highest BCUT2D eigenvalue weighted by atomic mass is 15.2. The molecule has 0 N–H and O–H groups in total. The van der Waals surface area contributed by atoms with Gasteiger partial charge in [0.15, 0.2) is 0 Å². The molecule has 0 spiro atoms. The lowest BCUT2D eigenvalue weighted by Crippen LogP contribution is -2.45. The van der Waals surface area contributed by atoms with Crippen molar-refractivity contribution in [3.63, 3.8) is 0 Å². The highest BCUT2D eigenvalue weighted by Crippen LogP contribution is 2.25. The van der Waals surface area contributed by atoms with Crippen LogP contribution in [0.25, 0.3) is 0 Å². The number of hydrogen-bond acceptors (Lipinski definition) is 3. The SMILES string of the molecule is CC1CCN(CC2CCN(CC3CCN(C(C)C)CC3)CC2)CC1. The molecule has 0 aliphatic carbocycles. The fourth-order valence-corrected chi connectivity index (χ4v) is 4.98. The zero-order chi connectivity index (χ0) is 16.9. The van der Waals surface area contributed by atoms with Crippen molar-refractivity contribution in [1.29, 1.82) is 0 Å². The third kappa shape index (κ3) is 5.44. The Kier molecular flexibility index (Phi) is 7.00. The summed E-state index contributed by atoms with van der Waals surface area (Å²) in [7, 11) is 0. The molecule has 0 aromatic carbocycles. The summed E-state index contributed by atoms with van der Waals surface area (Å²) in [6.45, 7) is 17.9. The molecule has 3 heteroatoms. The van der Waals surface area contributed by atoms with Crippen molar-refractivity contribution in [2.75, 3.05) is 52.4 Å². The van der Waals surface area contributed by atoms with Gasteiger partial charge in [0.2, 0.25) is 0 Å². The first-order valence-electron chi connectivity index (χ1n) is 10.8. The monoisotopic (exact) mass is 335 g/mol. The van der Waals surface area contributed by atoms with Crippen LogP contribution in [0.2, 0.25) is 0 Å². The van der Waals surface area contributed by atoms with E-state index in [4.69, 9.17) is 0 Å².